The number of aromatic nitrogens is 2. The highest BCUT2D eigenvalue weighted by molar-refractivity contribution is 9.10. The van der Waals surface area contributed by atoms with Gasteiger partial charge in [-0.15, -0.1) is 6.42 Å². The van der Waals surface area contributed by atoms with E-state index in [1.807, 2.05) is 26.0 Å². The van der Waals surface area contributed by atoms with E-state index in [1.54, 1.807) is 56.1 Å². The van der Waals surface area contributed by atoms with E-state index in [9.17, 15) is 4.79 Å². The predicted molar refractivity (Wildman–Crippen MR) is 137 cm³/mol. The first-order valence-electron chi connectivity index (χ1n) is 10.8. The Hall–Kier alpha value is -3.88. The smallest absolute Gasteiger partial charge is 0.312 e. The number of hydrogen-bond acceptors (Lipinski definition) is 7. The zero-order chi connectivity index (χ0) is 25.8. The van der Waals surface area contributed by atoms with Crippen LogP contribution < -0.4 is 9.64 Å². The number of aryl methyl sites for hydroxylation is 2. The first-order valence-corrected chi connectivity index (χ1v) is 11.6. The van der Waals surface area contributed by atoms with Crippen molar-refractivity contribution in [3.05, 3.63) is 69.3 Å². The van der Waals surface area contributed by atoms with Crippen LogP contribution in [-0.2, 0) is 9.53 Å². The molecule has 0 spiro atoms. The summed E-state index contributed by atoms with van der Waals surface area (Å²) in [5.41, 5.74) is 2.97. The molecule has 0 bridgehead atoms. The lowest BCUT2D eigenvalue weighted by Gasteiger charge is -2.25. The third-order valence-electron chi connectivity index (χ3n) is 5.01. The summed E-state index contributed by atoms with van der Waals surface area (Å²) < 4.78 is 12.3. The Morgan fingerprint density at radius 2 is 1.77 bits per heavy atom. The lowest BCUT2D eigenvalue weighted by atomic mass is 9.98. The van der Waals surface area contributed by atoms with Gasteiger partial charge in [-0.1, -0.05) is 5.92 Å². The zero-order valence-corrected chi connectivity index (χ0v) is 21.8. The Morgan fingerprint density at radius 1 is 1.14 bits per heavy atom. The predicted octanol–water partition coefficient (Wildman–Crippen LogP) is 6.19. The van der Waals surface area contributed by atoms with Crippen molar-refractivity contribution >= 4 is 33.5 Å². The fourth-order valence-electron chi connectivity index (χ4n) is 3.14. The van der Waals surface area contributed by atoms with E-state index in [-0.39, 0.29) is 24.5 Å². The summed E-state index contributed by atoms with van der Waals surface area (Å²) in [5.74, 6) is 3.45. The van der Waals surface area contributed by atoms with Gasteiger partial charge in [-0.2, -0.15) is 10.2 Å². The summed E-state index contributed by atoms with van der Waals surface area (Å²) in [6, 6.07) is 12.6. The molecule has 7 nitrogen and oxygen atoms in total. The number of carbonyl (C=O) groups excluding carboxylic acids is 1. The normalized spacial score (nSPS) is 10.7. The molecule has 0 atom stereocenters. The van der Waals surface area contributed by atoms with Crippen LogP contribution in [0, 0.1) is 42.9 Å². The molecule has 1 aromatic heterocycles. The van der Waals surface area contributed by atoms with Crippen LogP contribution in [0.1, 0.15) is 43.0 Å². The second-order valence-corrected chi connectivity index (χ2v) is 9.76. The van der Waals surface area contributed by atoms with E-state index in [1.165, 1.54) is 0 Å². The molecule has 178 valence electrons. The summed E-state index contributed by atoms with van der Waals surface area (Å²) in [6.07, 6.45) is 7.11. The van der Waals surface area contributed by atoms with Gasteiger partial charge in [0.2, 0.25) is 11.8 Å². The molecule has 0 aliphatic rings. The lowest BCUT2D eigenvalue weighted by molar-refractivity contribution is -0.152. The van der Waals surface area contributed by atoms with Gasteiger partial charge < -0.3 is 9.47 Å². The third kappa shape index (κ3) is 6.17. The number of esters is 1. The van der Waals surface area contributed by atoms with Crippen LogP contribution in [-0.4, -0.2) is 22.7 Å². The zero-order valence-electron chi connectivity index (χ0n) is 20.2. The van der Waals surface area contributed by atoms with Gasteiger partial charge in [0.25, 0.3) is 0 Å². The number of nitriles is 1. The lowest BCUT2D eigenvalue weighted by Crippen LogP contribution is -2.30. The Kier molecular flexibility index (Phi) is 7.78. The van der Waals surface area contributed by atoms with Crippen molar-refractivity contribution in [2.45, 2.75) is 34.6 Å². The maximum absolute atomic E-state index is 12.4. The molecule has 1 heterocycles. The standard InChI is InChI=1S/C27H25BrN4O3/c1-7-19-12-17(2)23(18(3)13-19)35-24-22(28)15-30-26(31-24)32(16-34-25(33)27(4,5)6)21-10-8-20(14-29)9-11-21/h1,8-13,15H,16H2,2-6H3. The van der Waals surface area contributed by atoms with Crippen LogP contribution in [0.5, 0.6) is 11.6 Å². The number of hydrogen-bond donors (Lipinski definition) is 0. The SMILES string of the molecule is C#Cc1cc(C)c(Oc2nc(N(COC(=O)C(C)(C)C)c3ccc(C#N)cc3)ncc2Br)c(C)c1. The molecule has 2 aromatic carbocycles. The van der Waals surface area contributed by atoms with E-state index >= 15 is 0 Å². The van der Waals surface area contributed by atoms with Crippen LogP contribution in [0.15, 0.2) is 47.1 Å². The Balaban J connectivity index is 2.00. The molecule has 0 aliphatic heterocycles. The first kappa shape index (κ1) is 25.7. The average Bonchev–Trinajstić information content (AvgIpc) is 2.82. The Bertz CT molecular complexity index is 1310. The molecule has 0 fully saturated rings. The van der Waals surface area contributed by atoms with Gasteiger partial charge in [0, 0.05) is 11.3 Å². The highest BCUT2D eigenvalue weighted by Gasteiger charge is 2.25. The molecule has 0 saturated heterocycles. The first-order chi connectivity index (χ1) is 16.5. The van der Waals surface area contributed by atoms with Crippen molar-refractivity contribution in [2.24, 2.45) is 5.41 Å². The number of nitrogens with zero attached hydrogens (tertiary/aromatic N) is 4. The van der Waals surface area contributed by atoms with Gasteiger partial charge in [0.15, 0.2) is 6.73 Å². The number of carbonyl (C=O) groups is 1. The second-order valence-electron chi connectivity index (χ2n) is 8.91. The molecule has 0 amide bonds. The van der Waals surface area contributed by atoms with Crippen molar-refractivity contribution in [2.75, 3.05) is 11.6 Å². The summed E-state index contributed by atoms with van der Waals surface area (Å²) in [5, 5.41) is 9.14. The number of rotatable bonds is 6. The van der Waals surface area contributed by atoms with E-state index in [0.717, 1.165) is 16.7 Å². The minimum atomic E-state index is -0.676. The van der Waals surface area contributed by atoms with Gasteiger partial charge >= 0.3 is 5.97 Å². The van der Waals surface area contributed by atoms with Gasteiger partial charge in [0.1, 0.15) is 5.75 Å². The van der Waals surface area contributed by atoms with Crippen LogP contribution in [0.3, 0.4) is 0 Å². The largest absolute Gasteiger partial charge is 0.443 e. The molecule has 0 aliphatic carbocycles. The Labute approximate surface area is 213 Å². The van der Waals surface area contributed by atoms with Crippen LogP contribution in [0.25, 0.3) is 0 Å². The van der Waals surface area contributed by atoms with E-state index in [4.69, 9.17) is 21.2 Å². The van der Waals surface area contributed by atoms with Crippen molar-refractivity contribution < 1.29 is 14.3 Å². The highest BCUT2D eigenvalue weighted by atomic mass is 79.9. The van der Waals surface area contributed by atoms with Gasteiger partial charge in [-0.3, -0.25) is 9.69 Å². The molecule has 0 radical (unpaired) electrons. The number of anilines is 2. The quantitative estimate of drug-likeness (QED) is 0.212. The van der Waals surface area contributed by atoms with Crippen molar-refractivity contribution in [3.63, 3.8) is 0 Å². The third-order valence-corrected chi connectivity index (χ3v) is 5.56. The van der Waals surface area contributed by atoms with Crippen LogP contribution in [0.2, 0.25) is 0 Å². The summed E-state index contributed by atoms with van der Waals surface area (Å²) in [7, 11) is 0. The molecule has 3 rings (SSSR count). The number of halogens is 1. The second kappa shape index (κ2) is 10.6. The maximum Gasteiger partial charge on any atom is 0.312 e. The fourth-order valence-corrected chi connectivity index (χ4v) is 3.41. The minimum absolute atomic E-state index is 0.127. The molecule has 8 heteroatoms. The summed E-state index contributed by atoms with van der Waals surface area (Å²) in [6.45, 7) is 9.03. The Morgan fingerprint density at radius 3 is 2.31 bits per heavy atom. The van der Waals surface area contributed by atoms with Gasteiger partial charge in [0.05, 0.1) is 27.7 Å². The molecule has 0 saturated carbocycles. The van der Waals surface area contributed by atoms with E-state index in [0.29, 0.717) is 21.5 Å². The average molecular weight is 533 g/mol. The van der Waals surface area contributed by atoms with Gasteiger partial charge in [-0.05, 0) is 98.1 Å². The number of terminal acetylenes is 1. The molecule has 3 aromatic rings. The molecule has 0 unspecified atom stereocenters. The van der Waals surface area contributed by atoms with Crippen molar-refractivity contribution in [3.8, 4) is 30.0 Å². The molecular weight excluding hydrogens is 508 g/mol. The molecular formula is C27H25BrN4O3. The maximum atomic E-state index is 12.4. The van der Waals surface area contributed by atoms with Crippen LogP contribution in [0.4, 0.5) is 11.6 Å². The van der Waals surface area contributed by atoms with Crippen molar-refractivity contribution in [1.29, 1.82) is 5.26 Å². The van der Waals surface area contributed by atoms with Crippen LogP contribution >= 0.6 is 15.9 Å². The van der Waals surface area contributed by atoms with E-state index in [2.05, 4.69) is 37.9 Å². The topological polar surface area (TPSA) is 88.3 Å². The number of ether oxygens (including phenoxy) is 2. The summed E-state index contributed by atoms with van der Waals surface area (Å²) >= 11 is 3.46. The fraction of sp³-hybridized carbons (Fsp3) is 0.259. The summed E-state index contributed by atoms with van der Waals surface area (Å²) in [4.78, 5) is 23.1. The molecule has 35 heavy (non-hydrogen) atoms. The number of benzene rings is 2. The highest BCUT2D eigenvalue weighted by Crippen LogP contribution is 2.34. The van der Waals surface area contributed by atoms with Crippen molar-refractivity contribution in [1.82, 2.24) is 9.97 Å². The van der Waals surface area contributed by atoms with E-state index < -0.39 is 5.41 Å². The molecule has 0 N–H and O–H groups in total. The van der Waals surface area contributed by atoms with Gasteiger partial charge in [-0.25, -0.2) is 4.98 Å². The minimum Gasteiger partial charge on any atom is -0.443 e. The monoisotopic (exact) mass is 532 g/mol.